The van der Waals surface area contributed by atoms with Crippen molar-refractivity contribution in [1.82, 2.24) is 15.0 Å². The molecule has 0 aliphatic rings. The fourth-order valence-corrected chi connectivity index (χ4v) is 2.41. The fraction of sp³-hybridized carbons (Fsp3) is 0.556. The molecule has 2 rings (SSSR count). The smallest absolute Gasteiger partial charge is 0.146 e. The number of aromatic nitrogens is 3. The molecule has 0 amide bonds. The van der Waals surface area contributed by atoms with Gasteiger partial charge in [0.15, 0.2) is 0 Å². The molecule has 0 unspecified atom stereocenters. The molecule has 0 radical (unpaired) electrons. The average Bonchev–Trinajstić information content (AvgIpc) is 3.01. The predicted molar refractivity (Wildman–Crippen MR) is 89.7 cm³/mol. The Morgan fingerprint density at radius 1 is 0.955 bits per heavy atom. The molecule has 0 aliphatic heterocycles. The van der Waals surface area contributed by atoms with Crippen LogP contribution in [-0.2, 0) is 10.8 Å². The van der Waals surface area contributed by atoms with Crippen LogP contribution in [0.4, 0.5) is 0 Å². The molecule has 1 N–H and O–H groups in total. The lowest BCUT2D eigenvalue weighted by Gasteiger charge is -2.30. The summed E-state index contributed by atoms with van der Waals surface area (Å²) in [7, 11) is 0. The van der Waals surface area contributed by atoms with E-state index in [2.05, 4.69) is 57.8 Å². The Bertz CT molecular complexity index is 643. The van der Waals surface area contributed by atoms with E-state index in [9.17, 15) is 5.11 Å². The zero-order valence-corrected chi connectivity index (χ0v) is 14.5. The Morgan fingerprint density at radius 2 is 1.50 bits per heavy atom. The number of rotatable bonds is 5. The zero-order chi connectivity index (χ0) is 16.5. The van der Waals surface area contributed by atoms with Crippen molar-refractivity contribution in [2.75, 3.05) is 0 Å². The Hall–Kier alpha value is -1.84. The van der Waals surface area contributed by atoms with Gasteiger partial charge in [-0.1, -0.05) is 47.6 Å². The average molecular weight is 301 g/mol. The Kier molecular flexibility index (Phi) is 4.32. The molecule has 2 aromatic rings. The van der Waals surface area contributed by atoms with Gasteiger partial charge in [0.1, 0.15) is 11.4 Å². The molecule has 22 heavy (non-hydrogen) atoms. The van der Waals surface area contributed by atoms with Gasteiger partial charge in [-0.15, -0.1) is 4.80 Å². The minimum atomic E-state index is -0.105. The van der Waals surface area contributed by atoms with Gasteiger partial charge in [-0.05, 0) is 35.3 Å². The van der Waals surface area contributed by atoms with Gasteiger partial charge in [0, 0.05) is 5.56 Å². The van der Waals surface area contributed by atoms with Gasteiger partial charge in [-0.25, -0.2) is 0 Å². The van der Waals surface area contributed by atoms with E-state index in [0.717, 1.165) is 18.4 Å². The maximum absolute atomic E-state index is 10.8. The standard InChI is InChI=1S/C18H27N3O/c1-7-17(3,4)13-11-14(18(5,6)8-2)16(22)15(12-13)21-19-9-10-20-21/h9-12,22H,7-8H2,1-6H3. The lowest BCUT2D eigenvalue weighted by molar-refractivity contribution is 0.419. The van der Waals surface area contributed by atoms with E-state index in [4.69, 9.17) is 0 Å². The van der Waals surface area contributed by atoms with E-state index in [1.807, 2.05) is 6.07 Å². The lowest BCUT2D eigenvalue weighted by Crippen LogP contribution is -2.21. The number of hydrogen-bond donors (Lipinski definition) is 1. The van der Waals surface area contributed by atoms with Crippen molar-refractivity contribution in [3.05, 3.63) is 35.7 Å². The third kappa shape index (κ3) is 2.87. The number of hydrogen-bond acceptors (Lipinski definition) is 3. The minimum Gasteiger partial charge on any atom is -0.505 e. The van der Waals surface area contributed by atoms with Gasteiger partial charge in [0.05, 0.1) is 12.4 Å². The molecule has 0 aliphatic carbocycles. The third-order valence-electron chi connectivity index (χ3n) is 5.00. The van der Waals surface area contributed by atoms with Crippen LogP contribution in [0.1, 0.15) is 65.5 Å². The van der Waals surface area contributed by atoms with E-state index < -0.39 is 0 Å². The van der Waals surface area contributed by atoms with Gasteiger partial charge in [0.25, 0.3) is 0 Å². The molecule has 1 heterocycles. The summed E-state index contributed by atoms with van der Waals surface area (Å²) in [5.41, 5.74) is 2.75. The molecule has 0 spiro atoms. The van der Waals surface area contributed by atoms with Crippen LogP contribution >= 0.6 is 0 Å². The lowest BCUT2D eigenvalue weighted by atomic mass is 9.76. The maximum Gasteiger partial charge on any atom is 0.146 e. The highest BCUT2D eigenvalue weighted by atomic mass is 16.3. The van der Waals surface area contributed by atoms with Crippen LogP contribution in [0.2, 0.25) is 0 Å². The van der Waals surface area contributed by atoms with Crippen LogP contribution in [0.3, 0.4) is 0 Å². The monoisotopic (exact) mass is 301 g/mol. The Labute approximate surface area is 133 Å². The summed E-state index contributed by atoms with van der Waals surface area (Å²) in [6.45, 7) is 13.1. The summed E-state index contributed by atoms with van der Waals surface area (Å²) >= 11 is 0. The van der Waals surface area contributed by atoms with Gasteiger partial charge in [-0.3, -0.25) is 0 Å². The number of phenolic OH excluding ortho intramolecular Hbond substituents is 1. The van der Waals surface area contributed by atoms with Crippen molar-refractivity contribution in [3.8, 4) is 11.4 Å². The Morgan fingerprint density at radius 3 is 2.00 bits per heavy atom. The third-order valence-corrected chi connectivity index (χ3v) is 5.00. The second-order valence-electron chi connectivity index (χ2n) is 7.18. The molecule has 0 bridgehead atoms. The van der Waals surface area contributed by atoms with E-state index in [0.29, 0.717) is 5.69 Å². The zero-order valence-electron chi connectivity index (χ0n) is 14.5. The normalized spacial score (nSPS) is 12.6. The highest BCUT2D eigenvalue weighted by molar-refractivity contribution is 5.56. The molecule has 4 heteroatoms. The van der Waals surface area contributed by atoms with Gasteiger partial charge in [-0.2, -0.15) is 10.2 Å². The summed E-state index contributed by atoms with van der Waals surface area (Å²) in [5, 5.41) is 19.2. The second kappa shape index (κ2) is 5.75. The van der Waals surface area contributed by atoms with Crippen molar-refractivity contribution in [2.45, 2.75) is 65.2 Å². The first-order chi connectivity index (χ1) is 10.2. The largest absolute Gasteiger partial charge is 0.505 e. The van der Waals surface area contributed by atoms with Gasteiger partial charge in [0.2, 0.25) is 0 Å². The molecule has 1 aromatic carbocycles. The van der Waals surface area contributed by atoms with Crippen molar-refractivity contribution in [1.29, 1.82) is 0 Å². The second-order valence-corrected chi connectivity index (χ2v) is 7.18. The fourth-order valence-electron chi connectivity index (χ4n) is 2.41. The molecule has 4 nitrogen and oxygen atoms in total. The van der Waals surface area contributed by atoms with E-state index in [-0.39, 0.29) is 16.6 Å². The molecular formula is C18H27N3O. The highest BCUT2D eigenvalue weighted by Crippen LogP contribution is 2.41. The maximum atomic E-state index is 10.8. The molecule has 120 valence electrons. The van der Waals surface area contributed by atoms with Gasteiger partial charge >= 0.3 is 0 Å². The van der Waals surface area contributed by atoms with E-state index in [1.54, 1.807) is 12.4 Å². The quantitative estimate of drug-likeness (QED) is 0.893. The van der Waals surface area contributed by atoms with Crippen LogP contribution in [0.15, 0.2) is 24.5 Å². The van der Waals surface area contributed by atoms with Crippen LogP contribution in [0.25, 0.3) is 5.69 Å². The number of nitrogens with zero attached hydrogens (tertiary/aromatic N) is 3. The summed E-state index contributed by atoms with van der Waals surface area (Å²) in [5.74, 6) is 0.277. The van der Waals surface area contributed by atoms with Crippen LogP contribution in [0, 0.1) is 0 Å². The van der Waals surface area contributed by atoms with Crippen LogP contribution in [-0.4, -0.2) is 20.1 Å². The highest BCUT2D eigenvalue weighted by Gasteiger charge is 2.28. The first kappa shape index (κ1) is 16.5. The van der Waals surface area contributed by atoms with Crippen molar-refractivity contribution in [3.63, 3.8) is 0 Å². The van der Waals surface area contributed by atoms with Crippen LogP contribution in [0.5, 0.6) is 5.75 Å². The summed E-state index contributed by atoms with van der Waals surface area (Å²) in [6.07, 6.45) is 5.22. The van der Waals surface area contributed by atoms with Crippen molar-refractivity contribution in [2.24, 2.45) is 0 Å². The van der Waals surface area contributed by atoms with E-state index >= 15 is 0 Å². The minimum absolute atomic E-state index is 0.0359. The predicted octanol–water partition coefficient (Wildman–Crippen LogP) is 4.35. The van der Waals surface area contributed by atoms with E-state index in [1.165, 1.54) is 10.4 Å². The topological polar surface area (TPSA) is 50.9 Å². The summed E-state index contributed by atoms with van der Waals surface area (Å²) in [4.78, 5) is 1.50. The number of benzene rings is 1. The molecular weight excluding hydrogens is 274 g/mol. The molecule has 0 saturated heterocycles. The summed E-state index contributed by atoms with van der Waals surface area (Å²) < 4.78 is 0. The molecule has 0 fully saturated rings. The first-order valence-corrected chi connectivity index (χ1v) is 7.97. The first-order valence-electron chi connectivity index (χ1n) is 7.97. The number of aromatic hydroxyl groups is 1. The van der Waals surface area contributed by atoms with Crippen molar-refractivity contribution < 1.29 is 5.11 Å². The van der Waals surface area contributed by atoms with Crippen molar-refractivity contribution >= 4 is 0 Å². The number of phenols is 1. The van der Waals surface area contributed by atoms with Crippen LogP contribution < -0.4 is 0 Å². The molecule has 1 aromatic heterocycles. The Balaban J connectivity index is 2.74. The molecule has 0 saturated carbocycles. The van der Waals surface area contributed by atoms with Gasteiger partial charge < -0.3 is 5.11 Å². The summed E-state index contributed by atoms with van der Waals surface area (Å²) in [6, 6.07) is 4.16. The SMILES string of the molecule is CCC(C)(C)c1cc(-n2nccn2)c(O)c(C(C)(C)CC)c1. The molecule has 0 atom stereocenters.